The van der Waals surface area contributed by atoms with E-state index in [0.29, 0.717) is 22.4 Å². The Balaban J connectivity index is 2.74. The maximum Gasteiger partial charge on any atom is 0.220 e. The number of nitrogens with one attached hydrogen (secondary N) is 1. The molecule has 2 nitrogen and oxygen atoms in total. The van der Waals surface area contributed by atoms with Gasteiger partial charge in [0.15, 0.2) is 0 Å². The quantitative estimate of drug-likeness (QED) is 0.833. The van der Waals surface area contributed by atoms with Crippen molar-refractivity contribution in [1.82, 2.24) is 5.32 Å². The van der Waals surface area contributed by atoms with Crippen LogP contribution in [0.15, 0.2) is 18.2 Å². The van der Waals surface area contributed by atoms with E-state index in [1.54, 1.807) is 12.1 Å². The molecule has 0 fully saturated rings. The van der Waals surface area contributed by atoms with Crippen LogP contribution in [0.5, 0.6) is 0 Å². The first-order chi connectivity index (χ1) is 8.72. The summed E-state index contributed by atoms with van der Waals surface area (Å²) in [7, 11) is 0. The minimum absolute atomic E-state index is 0.0600. The normalized spacial score (nSPS) is 11.7. The molecule has 0 unspecified atom stereocenters. The predicted molar refractivity (Wildman–Crippen MR) is 81.7 cm³/mol. The van der Waals surface area contributed by atoms with Crippen molar-refractivity contribution in [3.63, 3.8) is 0 Å². The number of hydrogen-bond acceptors (Lipinski definition) is 1. The molecule has 0 saturated heterocycles. The summed E-state index contributed by atoms with van der Waals surface area (Å²) >= 11 is 11.9. The zero-order valence-electron chi connectivity index (χ0n) is 11.9. The van der Waals surface area contributed by atoms with Crippen LogP contribution in [0.3, 0.4) is 0 Å². The van der Waals surface area contributed by atoms with E-state index >= 15 is 0 Å². The Morgan fingerprint density at radius 2 is 1.89 bits per heavy atom. The van der Waals surface area contributed by atoms with Crippen LogP contribution >= 0.6 is 23.2 Å². The second-order valence-electron chi connectivity index (χ2n) is 5.73. The van der Waals surface area contributed by atoms with Crippen LogP contribution in [0.2, 0.25) is 10.0 Å². The van der Waals surface area contributed by atoms with E-state index < -0.39 is 5.54 Å². The van der Waals surface area contributed by atoms with Crippen LogP contribution in [0, 0.1) is 5.92 Å². The molecular weight excluding hydrogens is 281 g/mol. The highest BCUT2D eigenvalue weighted by atomic mass is 35.5. The topological polar surface area (TPSA) is 29.1 Å². The number of rotatable bonds is 5. The molecule has 0 radical (unpaired) electrons. The van der Waals surface area contributed by atoms with Crippen molar-refractivity contribution >= 4 is 29.1 Å². The van der Waals surface area contributed by atoms with E-state index in [1.807, 2.05) is 19.9 Å². The number of carbonyl (C=O) groups is 1. The number of carbonyl (C=O) groups excluding carboxylic acids is 1. The first-order valence-corrected chi connectivity index (χ1v) is 7.24. The summed E-state index contributed by atoms with van der Waals surface area (Å²) in [6, 6.07) is 5.44. The lowest BCUT2D eigenvalue weighted by atomic mass is 9.94. The van der Waals surface area contributed by atoms with Gasteiger partial charge in [0.1, 0.15) is 0 Å². The van der Waals surface area contributed by atoms with Crippen molar-refractivity contribution in [3.05, 3.63) is 33.8 Å². The Bertz CT molecular complexity index is 455. The molecule has 0 bridgehead atoms. The molecule has 1 amide bonds. The van der Waals surface area contributed by atoms with Crippen molar-refractivity contribution in [1.29, 1.82) is 0 Å². The Labute approximate surface area is 125 Å². The molecule has 0 saturated carbocycles. The summed E-state index contributed by atoms with van der Waals surface area (Å²) in [5.74, 6) is 0.587. The van der Waals surface area contributed by atoms with Gasteiger partial charge in [0, 0.05) is 6.42 Å². The molecule has 4 heteroatoms. The number of halogens is 2. The lowest BCUT2D eigenvalue weighted by Crippen LogP contribution is -2.41. The minimum Gasteiger partial charge on any atom is -0.347 e. The van der Waals surface area contributed by atoms with E-state index in [2.05, 4.69) is 19.2 Å². The first kappa shape index (κ1) is 16.3. The smallest absolute Gasteiger partial charge is 0.220 e. The predicted octanol–water partition coefficient (Wildman–Crippen LogP) is 4.78. The highest BCUT2D eigenvalue weighted by molar-refractivity contribution is 6.42. The largest absolute Gasteiger partial charge is 0.347 e. The molecule has 0 aliphatic rings. The van der Waals surface area contributed by atoms with Gasteiger partial charge in [0.2, 0.25) is 5.91 Å². The Kier molecular flexibility index (Phi) is 5.69. The van der Waals surface area contributed by atoms with E-state index in [0.717, 1.165) is 12.0 Å². The van der Waals surface area contributed by atoms with Gasteiger partial charge in [0.05, 0.1) is 15.6 Å². The number of amides is 1. The van der Waals surface area contributed by atoms with Crippen LogP contribution in [0.25, 0.3) is 0 Å². The molecule has 1 N–H and O–H groups in total. The molecule has 1 aromatic rings. The van der Waals surface area contributed by atoms with Crippen LogP contribution in [0.4, 0.5) is 0 Å². The first-order valence-electron chi connectivity index (χ1n) is 6.49. The van der Waals surface area contributed by atoms with Crippen LogP contribution < -0.4 is 5.32 Å². The second kappa shape index (κ2) is 6.62. The average molecular weight is 302 g/mol. The fourth-order valence-electron chi connectivity index (χ4n) is 1.79. The molecule has 0 atom stereocenters. The van der Waals surface area contributed by atoms with Crippen molar-refractivity contribution in [3.8, 4) is 0 Å². The lowest BCUT2D eigenvalue weighted by Gasteiger charge is -2.27. The van der Waals surface area contributed by atoms with Crippen molar-refractivity contribution in [2.75, 3.05) is 0 Å². The fourth-order valence-corrected chi connectivity index (χ4v) is 2.09. The lowest BCUT2D eigenvalue weighted by molar-refractivity contribution is -0.123. The van der Waals surface area contributed by atoms with E-state index in [9.17, 15) is 4.79 Å². The summed E-state index contributed by atoms with van der Waals surface area (Å²) in [6.07, 6.45) is 1.44. The summed E-state index contributed by atoms with van der Waals surface area (Å²) in [4.78, 5) is 11.9. The van der Waals surface area contributed by atoms with Gasteiger partial charge in [0.25, 0.3) is 0 Å². The molecule has 0 heterocycles. The standard InChI is InChI=1S/C15H21Cl2NO/c1-10(2)5-8-14(19)18-15(3,4)11-6-7-12(16)13(17)9-11/h6-7,9-10H,5,8H2,1-4H3,(H,18,19). The van der Waals surface area contributed by atoms with Crippen LogP contribution in [-0.2, 0) is 10.3 Å². The third-order valence-electron chi connectivity index (χ3n) is 3.04. The minimum atomic E-state index is -0.456. The summed E-state index contributed by atoms with van der Waals surface area (Å²) in [5, 5.41) is 4.06. The van der Waals surface area contributed by atoms with Gasteiger partial charge >= 0.3 is 0 Å². The molecule has 0 aliphatic carbocycles. The Morgan fingerprint density at radius 3 is 2.42 bits per heavy atom. The zero-order chi connectivity index (χ0) is 14.6. The second-order valence-corrected chi connectivity index (χ2v) is 6.55. The zero-order valence-corrected chi connectivity index (χ0v) is 13.4. The Morgan fingerprint density at radius 1 is 1.26 bits per heavy atom. The SMILES string of the molecule is CC(C)CCC(=O)NC(C)(C)c1ccc(Cl)c(Cl)c1. The van der Waals surface area contributed by atoms with Crippen molar-refractivity contribution in [2.24, 2.45) is 5.92 Å². The molecule has 1 rings (SSSR count). The number of hydrogen-bond donors (Lipinski definition) is 1. The van der Waals surface area contributed by atoms with Gasteiger partial charge in [-0.25, -0.2) is 0 Å². The third-order valence-corrected chi connectivity index (χ3v) is 3.78. The molecular formula is C15H21Cl2NO. The highest BCUT2D eigenvalue weighted by Crippen LogP contribution is 2.28. The maximum absolute atomic E-state index is 11.9. The molecule has 106 valence electrons. The molecule has 0 spiro atoms. The molecule has 1 aromatic carbocycles. The van der Waals surface area contributed by atoms with Gasteiger partial charge in [-0.3, -0.25) is 4.79 Å². The fraction of sp³-hybridized carbons (Fsp3) is 0.533. The average Bonchev–Trinajstić information content (AvgIpc) is 2.29. The van der Waals surface area contributed by atoms with E-state index in [1.165, 1.54) is 0 Å². The highest BCUT2D eigenvalue weighted by Gasteiger charge is 2.23. The summed E-state index contributed by atoms with van der Waals surface area (Å²) in [6.45, 7) is 8.13. The van der Waals surface area contributed by atoms with E-state index in [-0.39, 0.29) is 5.91 Å². The summed E-state index contributed by atoms with van der Waals surface area (Å²) in [5.41, 5.74) is 0.488. The van der Waals surface area contributed by atoms with Crippen molar-refractivity contribution < 1.29 is 4.79 Å². The van der Waals surface area contributed by atoms with Crippen LogP contribution in [0.1, 0.15) is 46.1 Å². The van der Waals surface area contributed by atoms with Gasteiger partial charge in [-0.1, -0.05) is 43.1 Å². The molecule has 0 aromatic heterocycles. The summed E-state index contributed by atoms with van der Waals surface area (Å²) < 4.78 is 0. The van der Waals surface area contributed by atoms with Gasteiger partial charge < -0.3 is 5.32 Å². The number of benzene rings is 1. The monoisotopic (exact) mass is 301 g/mol. The van der Waals surface area contributed by atoms with Crippen LogP contribution in [-0.4, -0.2) is 5.91 Å². The molecule has 0 aliphatic heterocycles. The van der Waals surface area contributed by atoms with E-state index in [4.69, 9.17) is 23.2 Å². The molecule has 19 heavy (non-hydrogen) atoms. The third kappa shape index (κ3) is 5.04. The Hall–Kier alpha value is -0.730. The van der Waals surface area contributed by atoms with Crippen molar-refractivity contribution in [2.45, 2.75) is 46.1 Å². The van der Waals surface area contributed by atoms with Gasteiger partial charge in [-0.15, -0.1) is 0 Å². The maximum atomic E-state index is 11.9. The van der Waals surface area contributed by atoms with Gasteiger partial charge in [-0.05, 0) is 43.9 Å². The van der Waals surface area contributed by atoms with Gasteiger partial charge in [-0.2, -0.15) is 0 Å².